The van der Waals surface area contributed by atoms with Crippen LogP contribution in [-0.2, 0) is 14.3 Å². The fourth-order valence-electron chi connectivity index (χ4n) is 2.33. The van der Waals surface area contributed by atoms with Gasteiger partial charge in [-0.15, -0.1) is 0 Å². The number of ether oxygens (including phenoxy) is 2. The van der Waals surface area contributed by atoms with Gasteiger partial charge >= 0.3 is 5.97 Å². The van der Waals surface area contributed by atoms with Gasteiger partial charge in [-0.1, -0.05) is 23.8 Å². The Balaban J connectivity index is 1.86. The molecule has 1 amide bonds. The molecule has 5 nitrogen and oxygen atoms in total. The van der Waals surface area contributed by atoms with Crippen LogP contribution in [0.25, 0.3) is 0 Å². The Labute approximate surface area is 161 Å². The summed E-state index contributed by atoms with van der Waals surface area (Å²) >= 11 is 3.38. The third-order valence-corrected chi connectivity index (χ3v) is 4.37. The van der Waals surface area contributed by atoms with Crippen molar-refractivity contribution in [2.75, 3.05) is 11.9 Å². The number of anilines is 1. The van der Waals surface area contributed by atoms with Gasteiger partial charge in [-0.2, -0.15) is 0 Å². The van der Waals surface area contributed by atoms with Gasteiger partial charge < -0.3 is 14.8 Å². The van der Waals surface area contributed by atoms with Crippen LogP contribution >= 0.6 is 15.9 Å². The molecule has 0 aromatic heterocycles. The van der Waals surface area contributed by atoms with Gasteiger partial charge in [-0.3, -0.25) is 4.79 Å². The summed E-state index contributed by atoms with van der Waals surface area (Å²) in [6.07, 6.45) is -0.923. The minimum Gasteiger partial charge on any atom is -0.481 e. The molecule has 0 heterocycles. The standard InChI is InChI=1S/C20H22BrNO4/c1-12-5-7-17(14(3)9-12)22-20(24)15(4)26-19(23)11-25-18-8-6-13(2)10-16(18)21/h5-10,15H,11H2,1-4H3,(H,22,24)/t15-/m1/s1. The molecule has 26 heavy (non-hydrogen) atoms. The first kappa shape index (κ1) is 20.0. The van der Waals surface area contributed by atoms with Crippen LogP contribution in [0, 0.1) is 20.8 Å². The second-order valence-electron chi connectivity index (χ2n) is 6.16. The first-order valence-electron chi connectivity index (χ1n) is 8.23. The molecule has 2 rings (SSSR count). The Morgan fingerprint density at radius 1 is 1.08 bits per heavy atom. The number of hydrogen-bond acceptors (Lipinski definition) is 4. The van der Waals surface area contributed by atoms with Gasteiger partial charge in [-0.05, 0) is 73.0 Å². The molecule has 0 fully saturated rings. The van der Waals surface area contributed by atoms with Crippen LogP contribution in [0.2, 0.25) is 0 Å². The van der Waals surface area contributed by atoms with E-state index in [0.717, 1.165) is 21.2 Å². The SMILES string of the molecule is Cc1ccc(NC(=O)[C@@H](C)OC(=O)COc2ccc(C)cc2Br)c(C)c1. The highest BCUT2D eigenvalue weighted by atomic mass is 79.9. The zero-order valence-corrected chi connectivity index (χ0v) is 16.8. The first-order valence-corrected chi connectivity index (χ1v) is 9.02. The van der Waals surface area contributed by atoms with E-state index in [1.165, 1.54) is 6.92 Å². The summed E-state index contributed by atoms with van der Waals surface area (Å²) in [5.74, 6) is -0.456. The summed E-state index contributed by atoms with van der Waals surface area (Å²) in [7, 11) is 0. The summed E-state index contributed by atoms with van der Waals surface area (Å²) < 4.78 is 11.3. The summed E-state index contributed by atoms with van der Waals surface area (Å²) in [6, 6.07) is 11.2. The highest BCUT2D eigenvalue weighted by Gasteiger charge is 2.19. The zero-order chi connectivity index (χ0) is 19.3. The minimum atomic E-state index is -0.923. The van der Waals surface area contributed by atoms with E-state index >= 15 is 0 Å². The lowest BCUT2D eigenvalue weighted by Crippen LogP contribution is -2.31. The van der Waals surface area contributed by atoms with Crippen molar-refractivity contribution in [2.24, 2.45) is 0 Å². The number of aryl methyl sites for hydroxylation is 3. The van der Waals surface area contributed by atoms with Crippen LogP contribution in [-0.4, -0.2) is 24.6 Å². The topological polar surface area (TPSA) is 64.6 Å². The van der Waals surface area contributed by atoms with Crippen molar-refractivity contribution in [1.29, 1.82) is 0 Å². The maximum Gasteiger partial charge on any atom is 0.344 e. The number of esters is 1. The van der Waals surface area contributed by atoms with E-state index in [0.29, 0.717) is 11.4 Å². The molecular weight excluding hydrogens is 398 g/mol. The van der Waals surface area contributed by atoms with Crippen molar-refractivity contribution in [3.63, 3.8) is 0 Å². The maximum atomic E-state index is 12.2. The zero-order valence-electron chi connectivity index (χ0n) is 15.3. The van der Waals surface area contributed by atoms with Crippen LogP contribution in [0.5, 0.6) is 5.75 Å². The molecule has 0 aliphatic rings. The van der Waals surface area contributed by atoms with Crippen molar-refractivity contribution >= 4 is 33.5 Å². The van der Waals surface area contributed by atoms with E-state index in [1.807, 2.05) is 51.1 Å². The lowest BCUT2D eigenvalue weighted by Gasteiger charge is -2.15. The number of nitrogens with one attached hydrogen (secondary N) is 1. The van der Waals surface area contributed by atoms with Crippen molar-refractivity contribution in [1.82, 2.24) is 0 Å². The molecule has 1 N–H and O–H groups in total. The Morgan fingerprint density at radius 3 is 2.38 bits per heavy atom. The van der Waals surface area contributed by atoms with Crippen molar-refractivity contribution in [3.8, 4) is 5.75 Å². The molecule has 0 radical (unpaired) electrons. The fraction of sp³-hybridized carbons (Fsp3) is 0.300. The Hall–Kier alpha value is -2.34. The molecule has 0 aliphatic carbocycles. The molecule has 0 saturated heterocycles. The number of carbonyl (C=O) groups is 2. The van der Waals surface area contributed by atoms with Gasteiger partial charge in [-0.25, -0.2) is 4.79 Å². The third kappa shape index (κ3) is 5.59. The smallest absolute Gasteiger partial charge is 0.344 e. The van der Waals surface area contributed by atoms with E-state index in [-0.39, 0.29) is 12.5 Å². The number of halogens is 1. The number of hydrogen-bond donors (Lipinski definition) is 1. The third-order valence-electron chi connectivity index (χ3n) is 3.75. The maximum absolute atomic E-state index is 12.2. The van der Waals surface area contributed by atoms with Gasteiger partial charge in [0.1, 0.15) is 5.75 Å². The van der Waals surface area contributed by atoms with Crippen molar-refractivity contribution < 1.29 is 19.1 Å². The van der Waals surface area contributed by atoms with Crippen LogP contribution in [0.1, 0.15) is 23.6 Å². The van der Waals surface area contributed by atoms with Crippen LogP contribution < -0.4 is 10.1 Å². The Morgan fingerprint density at radius 2 is 1.73 bits per heavy atom. The second kappa shape index (κ2) is 8.85. The van der Waals surface area contributed by atoms with E-state index in [2.05, 4.69) is 21.2 Å². The van der Waals surface area contributed by atoms with E-state index < -0.39 is 12.1 Å². The van der Waals surface area contributed by atoms with Crippen molar-refractivity contribution in [2.45, 2.75) is 33.8 Å². The normalized spacial score (nSPS) is 11.6. The number of carbonyl (C=O) groups excluding carboxylic acids is 2. The summed E-state index contributed by atoms with van der Waals surface area (Å²) in [4.78, 5) is 24.1. The minimum absolute atomic E-state index is 0.275. The monoisotopic (exact) mass is 419 g/mol. The second-order valence-corrected chi connectivity index (χ2v) is 7.02. The molecule has 138 valence electrons. The van der Waals surface area contributed by atoms with Crippen LogP contribution in [0.3, 0.4) is 0 Å². The van der Waals surface area contributed by atoms with Gasteiger partial charge in [0.15, 0.2) is 12.7 Å². The lowest BCUT2D eigenvalue weighted by atomic mass is 10.1. The largest absolute Gasteiger partial charge is 0.481 e. The fourth-order valence-corrected chi connectivity index (χ4v) is 2.94. The van der Waals surface area contributed by atoms with E-state index in [1.54, 1.807) is 6.07 Å². The highest BCUT2D eigenvalue weighted by Crippen LogP contribution is 2.25. The average molecular weight is 420 g/mol. The van der Waals surface area contributed by atoms with Gasteiger partial charge in [0.2, 0.25) is 0 Å². The molecule has 0 bridgehead atoms. The lowest BCUT2D eigenvalue weighted by molar-refractivity contribution is -0.155. The van der Waals surface area contributed by atoms with Crippen LogP contribution in [0.15, 0.2) is 40.9 Å². The summed E-state index contributed by atoms with van der Waals surface area (Å²) in [5.41, 5.74) is 3.83. The molecule has 2 aromatic carbocycles. The average Bonchev–Trinajstić information content (AvgIpc) is 2.56. The van der Waals surface area contributed by atoms with Gasteiger partial charge in [0, 0.05) is 5.69 Å². The van der Waals surface area contributed by atoms with Crippen molar-refractivity contribution in [3.05, 3.63) is 57.6 Å². The molecular formula is C20H22BrNO4. The molecule has 2 aromatic rings. The molecule has 0 saturated carbocycles. The number of benzene rings is 2. The number of rotatable bonds is 6. The molecule has 6 heteroatoms. The van der Waals surface area contributed by atoms with Crippen LogP contribution in [0.4, 0.5) is 5.69 Å². The molecule has 0 aliphatic heterocycles. The first-order chi connectivity index (χ1) is 12.3. The predicted octanol–water partition coefficient (Wildman–Crippen LogP) is 4.32. The number of amides is 1. The van der Waals surface area contributed by atoms with Gasteiger partial charge in [0.05, 0.1) is 4.47 Å². The highest BCUT2D eigenvalue weighted by molar-refractivity contribution is 9.10. The molecule has 0 spiro atoms. The van der Waals surface area contributed by atoms with E-state index in [9.17, 15) is 9.59 Å². The van der Waals surface area contributed by atoms with E-state index in [4.69, 9.17) is 9.47 Å². The quantitative estimate of drug-likeness (QED) is 0.707. The summed E-state index contributed by atoms with van der Waals surface area (Å²) in [6.45, 7) is 7.10. The predicted molar refractivity (Wildman–Crippen MR) is 104 cm³/mol. The molecule has 1 atom stereocenters. The Bertz CT molecular complexity index is 819. The molecule has 0 unspecified atom stereocenters. The Kier molecular flexibility index (Phi) is 6.80. The van der Waals surface area contributed by atoms with Gasteiger partial charge in [0.25, 0.3) is 5.91 Å². The summed E-state index contributed by atoms with van der Waals surface area (Å²) in [5, 5.41) is 2.77.